The summed E-state index contributed by atoms with van der Waals surface area (Å²) < 4.78 is 5.04. The van der Waals surface area contributed by atoms with Gasteiger partial charge in [0.25, 0.3) is 5.91 Å². The van der Waals surface area contributed by atoms with Crippen molar-refractivity contribution >= 4 is 11.8 Å². The summed E-state index contributed by atoms with van der Waals surface area (Å²) in [4.78, 5) is 35.5. The van der Waals surface area contributed by atoms with E-state index in [0.717, 1.165) is 65.1 Å². The predicted octanol–water partition coefficient (Wildman–Crippen LogP) is 1.89. The van der Waals surface area contributed by atoms with E-state index in [1.165, 1.54) is 0 Å². The lowest BCUT2D eigenvalue weighted by Gasteiger charge is -2.35. The fourth-order valence-corrected chi connectivity index (χ4v) is 4.03. The molecule has 2 aliphatic heterocycles. The second-order valence-corrected chi connectivity index (χ2v) is 7.68. The Hall–Kier alpha value is -2.15. The van der Waals surface area contributed by atoms with E-state index in [9.17, 15) is 9.59 Å². The SMILES string of the molecule is CCN1CCN(C(=O)CCC2CCN(C(=O)c3ccc(OC)nc3)CC2)CC1. The summed E-state index contributed by atoms with van der Waals surface area (Å²) in [6.45, 7) is 8.42. The van der Waals surface area contributed by atoms with Crippen LogP contribution in [0.25, 0.3) is 0 Å². The summed E-state index contributed by atoms with van der Waals surface area (Å²) in [5.74, 6) is 1.35. The van der Waals surface area contributed by atoms with Crippen LogP contribution in [0.2, 0.25) is 0 Å². The van der Waals surface area contributed by atoms with Crippen LogP contribution in [0, 0.1) is 5.92 Å². The molecule has 0 atom stereocenters. The first-order valence-electron chi connectivity index (χ1n) is 10.4. The summed E-state index contributed by atoms with van der Waals surface area (Å²) in [6, 6.07) is 3.48. The first kappa shape index (κ1) is 20.6. The maximum absolute atomic E-state index is 12.6. The molecule has 3 rings (SSSR count). The number of methoxy groups -OCH3 is 1. The Morgan fingerprint density at radius 1 is 1.07 bits per heavy atom. The average Bonchev–Trinajstić information content (AvgIpc) is 2.77. The van der Waals surface area contributed by atoms with Crippen LogP contribution in [-0.2, 0) is 4.79 Å². The zero-order valence-electron chi connectivity index (χ0n) is 17.1. The molecule has 2 amide bonds. The summed E-state index contributed by atoms with van der Waals surface area (Å²) in [7, 11) is 1.56. The molecule has 28 heavy (non-hydrogen) atoms. The van der Waals surface area contributed by atoms with Gasteiger partial charge in [-0.25, -0.2) is 4.98 Å². The Labute approximate surface area is 167 Å². The lowest BCUT2D eigenvalue weighted by molar-refractivity contribution is -0.133. The lowest BCUT2D eigenvalue weighted by Crippen LogP contribution is -2.48. The largest absolute Gasteiger partial charge is 0.481 e. The highest BCUT2D eigenvalue weighted by molar-refractivity contribution is 5.94. The van der Waals surface area contributed by atoms with Crippen LogP contribution >= 0.6 is 0 Å². The van der Waals surface area contributed by atoms with Gasteiger partial charge in [0.1, 0.15) is 0 Å². The number of likely N-dealkylation sites (tertiary alicyclic amines) is 1. The molecule has 1 aromatic heterocycles. The van der Waals surface area contributed by atoms with E-state index in [-0.39, 0.29) is 5.91 Å². The number of rotatable bonds is 6. The number of hydrogen-bond acceptors (Lipinski definition) is 5. The molecule has 2 saturated heterocycles. The second-order valence-electron chi connectivity index (χ2n) is 7.68. The van der Waals surface area contributed by atoms with Gasteiger partial charge in [-0.15, -0.1) is 0 Å². The Kier molecular flexibility index (Phi) is 7.25. The smallest absolute Gasteiger partial charge is 0.255 e. The standard InChI is InChI=1S/C21H32N4O3/c1-3-23-12-14-24(15-13-23)20(26)7-4-17-8-10-25(11-9-17)21(27)18-5-6-19(28-2)22-16-18/h5-6,16-17H,3-4,7-15H2,1-2H3. The van der Waals surface area contributed by atoms with Crippen LogP contribution < -0.4 is 4.74 Å². The normalized spacial score (nSPS) is 18.9. The molecule has 0 unspecified atom stereocenters. The highest BCUT2D eigenvalue weighted by Crippen LogP contribution is 2.24. The van der Waals surface area contributed by atoms with Gasteiger partial charge in [-0.3, -0.25) is 9.59 Å². The van der Waals surface area contributed by atoms with E-state index in [1.54, 1.807) is 25.4 Å². The minimum atomic E-state index is 0.0264. The number of piperidine rings is 1. The number of carbonyl (C=O) groups is 2. The quantitative estimate of drug-likeness (QED) is 0.745. The molecule has 0 bridgehead atoms. The van der Waals surface area contributed by atoms with Gasteiger partial charge in [-0.1, -0.05) is 6.92 Å². The van der Waals surface area contributed by atoms with Gasteiger partial charge >= 0.3 is 0 Å². The van der Waals surface area contributed by atoms with E-state index >= 15 is 0 Å². The van der Waals surface area contributed by atoms with Gasteiger partial charge in [0, 0.05) is 58.0 Å². The zero-order chi connectivity index (χ0) is 19.9. The van der Waals surface area contributed by atoms with Gasteiger partial charge in [0.2, 0.25) is 11.8 Å². The topological polar surface area (TPSA) is 66.0 Å². The lowest BCUT2D eigenvalue weighted by atomic mass is 9.91. The summed E-state index contributed by atoms with van der Waals surface area (Å²) in [5, 5.41) is 0. The fourth-order valence-electron chi connectivity index (χ4n) is 4.03. The number of ether oxygens (including phenoxy) is 1. The van der Waals surface area contributed by atoms with Crippen LogP contribution in [0.3, 0.4) is 0 Å². The minimum absolute atomic E-state index is 0.0264. The molecule has 0 aromatic carbocycles. The summed E-state index contributed by atoms with van der Waals surface area (Å²) in [5.41, 5.74) is 0.598. The Morgan fingerprint density at radius 3 is 2.36 bits per heavy atom. The van der Waals surface area contributed by atoms with E-state index in [4.69, 9.17) is 4.74 Å². The average molecular weight is 389 g/mol. The van der Waals surface area contributed by atoms with Crippen molar-refractivity contribution in [2.45, 2.75) is 32.6 Å². The number of hydrogen-bond donors (Lipinski definition) is 0. The number of pyridine rings is 1. The molecule has 0 radical (unpaired) electrons. The monoisotopic (exact) mass is 388 g/mol. The Morgan fingerprint density at radius 2 is 1.79 bits per heavy atom. The van der Waals surface area contributed by atoms with E-state index in [2.05, 4.69) is 16.8 Å². The van der Waals surface area contributed by atoms with Crippen molar-refractivity contribution in [3.05, 3.63) is 23.9 Å². The Balaban J connectivity index is 1.39. The second kappa shape index (κ2) is 9.87. The molecular weight excluding hydrogens is 356 g/mol. The number of likely N-dealkylation sites (N-methyl/N-ethyl adjacent to an activating group) is 1. The number of aromatic nitrogens is 1. The van der Waals surface area contributed by atoms with Crippen LogP contribution in [-0.4, -0.2) is 84.4 Å². The first-order valence-corrected chi connectivity index (χ1v) is 10.4. The third-order valence-corrected chi connectivity index (χ3v) is 6.03. The third kappa shape index (κ3) is 5.22. The fraction of sp³-hybridized carbons (Fsp3) is 0.667. The van der Waals surface area contributed by atoms with Crippen molar-refractivity contribution < 1.29 is 14.3 Å². The molecule has 3 heterocycles. The maximum Gasteiger partial charge on any atom is 0.255 e. The summed E-state index contributed by atoms with van der Waals surface area (Å²) in [6.07, 6.45) is 5.06. The highest BCUT2D eigenvalue weighted by Gasteiger charge is 2.26. The van der Waals surface area contributed by atoms with Gasteiger partial charge < -0.3 is 19.4 Å². The molecule has 0 N–H and O–H groups in total. The molecule has 2 fully saturated rings. The van der Waals surface area contributed by atoms with Gasteiger partial charge in [0.05, 0.1) is 12.7 Å². The molecule has 7 heteroatoms. The van der Waals surface area contributed by atoms with Crippen molar-refractivity contribution in [3.63, 3.8) is 0 Å². The maximum atomic E-state index is 12.6. The molecule has 2 aliphatic rings. The number of amides is 2. The van der Waals surface area contributed by atoms with Crippen LogP contribution in [0.1, 0.15) is 43.0 Å². The van der Waals surface area contributed by atoms with Gasteiger partial charge in [-0.2, -0.15) is 0 Å². The first-order chi connectivity index (χ1) is 13.6. The number of nitrogens with zero attached hydrogens (tertiary/aromatic N) is 4. The molecule has 0 aliphatic carbocycles. The van der Waals surface area contributed by atoms with Crippen molar-refractivity contribution in [1.82, 2.24) is 19.7 Å². The molecule has 1 aromatic rings. The van der Waals surface area contributed by atoms with Crippen molar-refractivity contribution in [3.8, 4) is 5.88 Å². The minimum Gasteiger partial charge on any atom is -0.481 e. The summed E-state index contributed by atoms with van der Waals surface area (Å²) >= 11 is 0. The Bertz CT molecular complexity index is 648. The molecule has 0 spiro atoms. The highest BCUT2D eigenvalue weighted by atomic mass is 16.5. The van der Waals surface area contributed by atoms with Crippen LogP contribution in [0.5, 0.6) is 5.88 Å². The van der Waals surface area contributed by atoms with Gasteiger partial charge in [-0.05, 0) is 37.8 Å². The zero-order valence-corrected chi connectivity index (χ0v) is 17.1. The van der Waals surface area contributed by atoms with E-state index in [0.29, 0.717) is 29.7 Å². The van der Waals surface area contributed by atoms with Gasteiger partial charge in [0.15, 0.2) is 0 Å². The number of carbonyl (C=O) groups excluding carboxylic acids is 2. The predicted molar refractivity (Wildman–Crippen MR) is 107 cm³/mol. The van der Waals surface area contributed by atoms with Crippen LogP contribution in [0.15, 0.2) is 18.3 Å². The van der Waals surface area contributed by atoms with Crippen molar-refractivity contribution in [1.29, 1.82) is 0 Å². The van der Waals surface area contributed by atoms with E-state index < -0.39 is 0 Å². The molecule has 7 nitrogen and oxygen atoms in total. The molecule has 0 saturated carbocycles. The van der Waals surface area contributed by atoms with E-state index in [1.807, 2.05) is 9.80 Å². The third-order valence-electron chi connectivity index (χ3n) is 6.03. The van der Waals surface area contributed by atoms with Crippen LogP contribution in [0.4, 0.5) is 0 Å². The van der Waals surface area contributed by atoms with Crippen molar-refractivity contribution in [2.24, 2.45) is 5.92 Å². The molecule has 154 valence electrons. The van der Waals surface area contributed by atoms with Crippen molar-refractivity contribution in [2.75, 3.05) is 52.9 Å². The molecular formula is C21H32N4O3. The number of piperazine rings is 1.